The van der Waals surface area contributed by atoms with Crippen LogP contribution < -0.4 is 10.1 Å². The molecule has 0 radical (unpaired) electrons. The molecule has 2 aromatic rings. The van der Waals surface area contributed by atoms with Gasteiger partial charge in [-0.25, -0.2) is 9.97 Å². The van der Waals surface area contributed by atoms with Crippen LogP contribution in [0.3, 0.4) is 0 Å². The largest absolute Gasteiger partial charge is 0.496 e. The lowest BCUT2D eigenvalue weighted by atomic mass is 10.2. The molecule has 0 fully saturated rings. The molecule has 1 aromatic carbocycles. The Bertz CT molecular complexity index is 634. The highest BCUT2D eigenvalue weighted by molar-refractivity contribution is 6.31. The molecule has 0 bridgehead atoms. The van der Waals surface area contributed by atoms with Gasteiger partial charge >= 0.3 is 6.18 Å². The quantitative estimate of drug-likeness (QED) is 0.932. The third-order valence-corrected chi connectivity index (χ3v) is 3.02. The van der Waals surface area contributed by atoms with E-state index in [1.807, 2.05) is 0 Å². The van der Waals surface area contributed by atoms with Gasteiger partial charge in [0.2, 0.25) is 5.95 Å². The van der Waals surface area contributed by atoms with E-state index in [9.17, 15) is 13.2 Å². The van der Waals surface area contributed by atoms with E-state index in [2.05, 4.69) is 15.3 Å². The standard InChI is InChI=1S/C13H11ClF3N3O/c1-21-10-4-2-3-9(14)8(10)7-19-12-18-6-5-11(20-12)13(15,16)17/h2-6H,7H2,1H3,(H,18,19,20). The number of halogens is 4. The van der Waals surface area contributed by atoms with Gasteiger partial charge in [-0.1, -0.05) is 17.7 Å². The fourth-order valence-electron chi connectivity index (χ4n) is 1.67. The van der Waals surface area contributed by atoms with Crippen LogP contribution in [0.2, 0.25) is 5.02 Å². The summed E-state index contributed by atoms with van der Waals surface area (Å²) in [6, 6.07) is 5.89. The van der Waals surface area contributed by atoms with Crippen molar-refractivity contribution in [3.8, 4) is 5.75 Å². The van der Waals surface area contributed by atoms with Crippen molar-refractivity contribution in [1.29, 1.82) is 0 Å². The number of nitrogens with zero attached hydrogens (tertiary/aromatic N) is 2. The number of rotatable bonds is 4. The van der Waals surface area contributed by atoms with Crippen LogP contribution >= 0.6 is 11.6 Å². The summed E-state index contributed by atoms with van der Waals surface area (Å²) in [7, 11) is 1.48. The number of alkyl halides is 3. The van der Waals surface area contributed by atoms with Crippen molar-refractivity contribution in [2.24, 2.45) is 0 Å². The third kappa shape index (κ3) is 3.75. The van der Waals surface area contributed by atoms with Crippen molar-refractivity contribution in [2.75, 3.05) is 12.4 Å². The van der Waals surface area contributed by atoms with Crippen LogP contribution in [0.15, 0.2) is 30.5 Å². The second-order valence-corrected chi connectivity index (χ2v) is 4.44. The molecule has 0 aliphatic rings. The lowest BCUT2D eigenvalue weighted by Gasteiger charge is -2.12. The second-order valence-electron chi connectivity index (χ2n) is 4.04. The molecule has 0 aliphatic carbocycles. The van der Waals surface area contributed by atoms with Gasteiger partial charge in [-0.15, -0.1) is 0 Å². The van der Waals surface area contributed by atoms with Gasteiger partial charge in [-0.3, -0.25) is 0 Å². The lowest BCUT2D eigenvalue weighted by molar-refractivity contribution is -0.141. The van der Waals surface area contributed by atoms with E-state index in [1.165, 1.54) is 7.11 Å². The van der Waals surface area contributed by atoms with Gasteiger partial charge in [0.1, 0.15) is 11.4 Å². The summed E-state index contributed by atoms with van der Waals surface area (Å²) < 4.78 is 42.8. The molecule has 4 nitrogen and oxygen atoms in total. The molecule has 112 valence electrons. The average molecular weight is 318 g/mol. The van der Waals surface area contributed by atoms with E-state index < -0.39 is 11.9 Å². The third-order valence-electron chi connectivity index (χ3n) is 2.67. The Morgan fingerprint density at radius 1 is 1.29 bits per heavy atom. The number of benzene rings is 1. The summed E-state index contributed by atoms with van der Waals surface area (Å²) >= 11 is 6.04. The van der Waals surface area contributed by atoms with Crippen LogP contribution in [0.4, 0.5) is 19.1 Å². The summed E-state index contributed by atoms with van der Waals surface area (Å²) in [4.78, 5) is 7.16. The predicted octanol–water partition coefficient (Wildman–Crippen LogP) is 3.77. The smallest absolute Gasteiger partial charge is 0.433 e. The number of hydrogen-bond donors (Lipinski definition) is 1. The van der Waals surface area contributed by atoms with Gasteiger partial charge in [-0.05, 0) is 18.2 Å². The van der Waals surface area contributed by atoms with Gasteiger partial charge in [0.25, 0.3) is 0 Å². The number of hydrogen-bond acceptors (Lipinski definition) is 4. The zero-order valence-corrected chi connectivity index (χ0v) is 11.7. The first kappa shape index (κ1) is 15.4. The minimum atomic E-state index is -4.51. The number of aromatic nitrogens is 2. The molecular formula is C13H11ClF3N3O. The molecule has 0 aliphatic heterocycles. The van der Waals surface area contributed by atoms with E-state index in [0.29, 0.717) is 16.3 Å². The highest BCUT2D eigenvalue weighted by Crippen LogP contribution is 2.29. The highest BCUT2D eigenvalue weighted by Gasteiger charge is 2.32. The van der Waals surface area contributed by atoms with Crippen molar-refractivity contribution >= 4 is 17.5 Å². The topological polar surface area (TPSA) is 47.0 Å². The Labute approximate surface area is 123 Å². The van der Waals surface area contributed by atoms with Gasteiger partial charge < -0.3 is 10.1 Å². The Morgan fingerprint density at radius 2 is 2.05 bits per heavy atom. The maximum atomic E-state index is 12.6. The number of ether oxygens (including phenoxy) is 1. The molecule has 0 atom stereocenters. The van der Waals surface area contributed by atoms with Crippen LogP contribution in [0.25, 0.3) is 0 Å². The van der Waals surface area contributed by atoms with Gasteiger partial charge in [0.15, 0.2) is 0 Å². The Hall–Kier alpha value is -2.02. The molecular weight excluding hydrogens is 307 g/mol. The number of anilines is 1. The molecule has 0 saturated heterocycles. The van der Waals surface area contributed by atoms with Crippen molar-refractivity contribution < 1.29 is 17.9 Å². The zero-order valence-electron chi connectivity index (χ0n) is 10.9. The number of nitrogens with one attached hydrogen (secondary N) is 1. The Kier molecular flexibility index (Phi) is 4.52. The molecule has 2 rings (SSSR count). The van der Waals surface area contributed by atoms with Crippen LogP contribution in [0, 0.1) is 0 Å². The first-order valence-electron chi connectivity index (χ1n) is 5.87. The van der Waals surface area contributed by atoms with E-state index >= 15 is 0 Å². The van der Waals surface area contributed by atoms with Crippen molar-refractivity contribution in [3.05, 3.63) is 46.7 Å². The maximum absolute atomic E-state index is 12.6. The maximum Gasteiger partial charge on any atom is 0.433 e. The second kappa shape index (κ2) is 6.17. The number of methoxy groups -OCH3 is 1. The molecule has 1 heterocycles. The van der Waals surface area contributed by atoms with E-state index in [0.717, 1.165) is 12.3 Å². The molecule has 0 spiro atoms. The molecule has 0 amide bonds. The van der Waals surface area contributed by atoms with E-state index in [1.54, 1.807) is 18.2 Å². The predicted molar refractivity (Wildman–Crippen MR) is 72.4 cm³/mol. The fraction of sp³-hybridized carbons (Fsp3) is 0.231. The van der Waals surface area contributed by atoms with Crippen LogP contribution in [-0.4, -0.2) is 17.1 Å². The lowest BCUT2D eigenvalue weighted by Crippen LogP contribution is -2.12. The zero-order chi connectivity index (χ0) is 15.5. The van der Waals surface area contributed by atoms with Crippen molar-refractivity contribution in [2.45, 2.75) is 12.7 Å². The van der Waals surface area contributed by atoms with Gasteiger partial charge in [0.05, 0.1) is 7.11 Å². The summed E-state index contributed by atoms with van der Waals surface area (Å²) in [6.07, 6.45) is -3.47. The molecule has 1 aromatic heterocycles. The first-order chi connectivity index (χ1) is 9.91. The molecule has 8 heteroatoms. The van der Waals surface area contributed by atoms with Crippen LogP contribution in [0.1, 0.15) is 11.3 Å². The fourth-order valence-corrected chi connectivity index (χ4v) is 1.90. The van der Waals surface area contributed by atoms with Crippen molar-refractivity contribution in [3.63, 3.8) is 0 Å². The monoisotopic (exact) mass is 317 g/mol. The molecule has 0 saturated carbocycles. The molecule has 1 N–H and O–H groups in total. The summed E-state index contributed by atoms with van der Waals surface area (Å²) in [5, 5.41) is 3.14. The molecule has 0 unspecified atom stereocenters. The van der Waals surface area contributed by atoms with Crippen molar-refractivity contribution in [1.82, 2.24) is 9.97 Å². The van der Waals surface area contributed by atoms with Gasteiger partial charge in [0, 0.05) is 23.3 Å². The van der Waals surface area contributed by atoms with Crippen LogP contribution in [-0.2, 0) is 12.7 Å². The first-order valence-corrected chi connectivity index (χ1v) is 6.25. The van der Waals surface area contributed by atoms with E-state index in [4.69, 9.17) is 16.3 Å². The molecule has 21 heavy (non-hydrogen) atoms. The SMILES string of the molecule is COc1cccc(Cl)c1CNc1nccc(C(F)(F)F)n1. The average Bonchev–Trinajstić information content (AvgIpc) is 2.45. The summed E-state index contributed by atoms with van der Waals surface area (Å²) in [6.45, 7) is 0.143. The minimum absolute atomic E-state index is 0.133. The summed E-state index contributed by atoms with van der Waals surface area (Å²) in [5.41, 5.74) is -0.395. The normalized spacial score (nSPS) is 11.3. The minimum Gasteiger partial charge on any atom is -0.496 e. The van der Waals surface area contributed by atoms with Crippen LogP contribution in [0.5, 0.6) is 5.75 Å². The highest BCUT2D eigenvalue weighted by atomic mass is 35.5. The van der Waals surface area contributed by atoms with E-state index in [-0.39, 0.29) is 12.5 Å². The Morgan fingerprint density at radius 3 is 2.71 bits per heavy atom. The summed E-state index contributed by atoms with van der Waals surface area (Å²) in [5.74, 6) is 0.397. The Balaban J connectivity index is 2.18. The van der Waals surface area contributed by atoms with Gasteiger partial charge in [-0.2, -0.15) is 13.2 Å².